The monoisotopic (exact) mass is 352 g/mol. The molecule has 1 amide bonds. The number of carbonyl (C=O) groups is 1. The first-order valence-electron chi connectivity index (χ1n) is 9.40. The first-order valence-corrected chi connectivity index (χ1v) is 9.40. The maximum atomic E-state index is 12.2. The molecule has 1 aliphatic rings. The second-order valence-electron chi connectivity index (χ2n) is 7.00. The Hall–Kier alpha value is -2.17. The molecule has 2 aromatic carbocycles. The van der Waals surface area contributed by atoms with Crippen LogP contribution in [0.3, 0.4) is 0 Å². The summed E-state index contributed by atoms with van der Waals surface area (Å²) in [6.45, 7) is 7.28. The molecule has 4 heteroatoms. The van der Waals surface area contributed by atoms with Crippen molar-refractivity contribution in [1.82, 2.24) is 10.2 Å². The molecule has 1 heterocycles. The van der Waals surface area contributed by atoms with Crippen molar-refractivity contribution in [3.63, 3.8) is 0 Å². The predicted molar refractivity (Wildman–Crippen MR) is 104 cm³/mol. The van der Waals surface area contributed by atoms with Gasteiger partial charge in [-0.2, -0.15) is 0 Å². The molecule has 0 saturated carbocycles. The molecule has 2 aromatic rings. The molecule has 1 fully saturated rings. The zero-order valence-corrected chi connectivity index (χ0v) is 15.5. The molecule has 0 aromatic heterocycles. The summed E-state index contributed by atoms with van der Waals surface area (Å²) in [7, 11) is 0. The average molecular weight is 352 g/mol. The van der Waals surface area contributed by atoms with Crippen molar-refractivity contribution in [2.24, 2.45) is 0 Å². The van der Waals surface area contributed by atoms with Crippen LogP contribution in [-0.2, 0) is 22.6 Å². The van der Waals surface area contributed by atoms with E-state index >= 15 is 0 Å². The van der Waals surface area contributed by atoms with Crippen LogP contribution in [0.4, 0.5) is 0 Å². The van der Waals surface area contributed by atoms with Gasteiger partial charge in [-0.1, -0.05) is 61.5 Å². The Morgan fingerprint density at radius 2 is 1.69 bits per heavy atom. The molecule has 1 unspecified atom stereocenters. The highest BCUT2D eigenvalue weighted by molar-refractivity contribution is 5.76. The third-order valence-electron chi connectivity index (χ3n) is 4.88. The van der Waals surface area contributed by atoms with Crippen LogP contribution >= 0.6 is 0 Å². The summed E-state index contributed by atoms with van der Waals surface area (Å²) in [4.78, 5) is 14.6. The first-order chi connectivity index (χ1) is 12.7. The van der Waals surface area contributed by atoms with Gasteiger partial charge in [-0.05, 0) is 22.6 Å². The van der Waals surface area contributed by atoms with E-state index in [4.69, 9.17) is 4.74 Å². The highest BCUT2D eigenvalue weighted by Gasteiger charge is 2.12. The molecule has 1 N–H and O–H groups in total. The second-order valence-corrected chi connectivity index (χ2v) is 7.00. The number of hydrogen-bond acceptors (Lipinski definition) is 3. The van der Waals surface area contributed by atoms with Crippen LogP contribution in [0.15, 0.2) is 54.6 Å². The van der Waals surface area contributed by atoms with Crippen molar-refractivity contribution in [2.45, 2.75) is 32.4 Å². The summed E-state index contributed by atoms with van der Waals surface area (Å²) in [6.07, 6.45) is 0.513. The quantitative estimate of drug-likeness (QED) is 0.831. The van der Waals surface area contributed by atoms with Crippen LogP contribution in [0.2, 0.25) is 0 Å². The molecule has 0 aliphatic carbocycles. The van der Waals surface area contributed by atoms with Crippen LogP contribution in [0.5, 0.6) is 0 Å². The second kappa shape index (κ2) is 9.51. The molecular weight excluding hydrogens is 324 g/mol. The Bertz CT molecular complexity index is 679. The van der Waals surface area contributed by atoms with Gasteiger partial charge >= 0.3 is 0 Å². The van der Waals surface area contributed by atoms with Crippen LogP contribution in [0, 0.1) is 0 Å². The number of rotatable bonds is 7. The Labute approximate surface area is 156 Å². The fraction of sp³-hybridized carbons (Fsp3) is 0.409. The Kier molecular flexibility index (Phi) is 6.81. The minimum absolute atomic E-state index is 0.0961. The van der Waals surface area contributed by atoms with Gasteiger partial charge in [0.05, 0.1) is 13.2 Å². The minimum Gasteiger partial charge on any atom is -0.379 e. The van der Waals surface area contributed by atoms with Gasteiger partial charge in [0.2, 0.25) is 5.91 Å². The summed E-state index contributed by atoms with van der Waals surface area (Å²) in [5.41, 5.74) is 3.64. The lowest BCUT2D eigenvalue weighted by Gasteiger charge is -2.26. The Balaban J connectivity index is 1.43. The van der Waals surface area contributed by atoms with Gasteiger partial charge in [-0.25, -0.2) is 0 Å². The largest absolute Gasteiger partial charge is 0.379 e. The van der Waals surface area contributed by atoms with E-state index < -0.39 is 0 Å². The topological polar surface area (TPSA) is 41.6 Å². The molecule has 1 atom stereocenters. The lowest BCUT2D eigenvalue weighted by molar-refractivity contribution is -0.121. The number of benzene rings is 2. The van der Waals surface area contributed by atoms with E-state index in [1.165, 1.54) is 11.1 Å². The number of ether oxygens (including phenoxy) is 1. The molecule has 1 aliphatic heterocycles. The van der Waals surface area contributed by atoms with Crippen LogP contribution in [0.25, 0.3) is 0 Å². The Morgan fingerprint density at radius 3 is 2.38 bits per heavy atom. The van der Waals surface area contributed by atoms with Gasteiger partial charge in [-0.15, -0.1) is 0 Å². The standard InChI is InChI=1S/C22H28N2O2/c1-18(21-5-3-2-4-6-21)15-22(25)23-16-19-7-9-20(10-8-19)17-24-11-13-26-14-12-24/h2-10,18H,11-17H2,1H3,(H,23,25). The summed E-state index contributed by atoms with van der Waals surface area (Å²) in [6, 6.07) is 18.7. The maximum Gasteiger partial charge on any atom is 0.220 e. The highest BCUT2D eigenvalue weighted by Crippen LogP contribution is 2.18. The van der Waals surface area contributed by atoms with E-state index in [1.807, 2.05) is 18.2 Å². The number of amides is 1. The summed E-state index contributed by atoms with van der Waals surface area (Å²) in [5, 5.41) is 3.03. The normalized spacial score (nSPS) is 16.2. The fourth-order valence-electron chi connectivity index (χ4n) is 3.23. The third kappa shape index (κ3) is 5.68. The minimum atomic E-state index is 0.0961. The molecule has 0 spiro atoms. The van der Waals surface area contributed by atoms with E-state index in [0.717, 1.165) is 38.4 Å². The van der Waals surface area contributed by atoms with E-state index in [-0.39, 0.29) is 11.8 Å². The predicted octanol–water partition coefficient (Wildman–Crippen LogP) is 3.33. The third-order valence-corrected chi connectivity index (χ3v) is 4.88. The van der Waals surface area contributed by atoms with Crippen molar-refractivity contribution in [3.05, 3.63) is 71.3 Å². The van der Waals surface area contributed by atoms with E-state index in [9.17, 15) is 4.79 Å². The van der Waals surface area contributed by atoms with Gasteiger partial charge < -0.3 is 10.1 Å². The number of morpholine rings is 1. The van der Waals surface area contributed by atoms with Crippen LogP contribution in [-0.4, -0.2) is 37.1 Å². The van der Waals surface area contributed by atoms with Crippen molar-refractivity contribution in [1.29, 1.82) is 0 Å². The summed E-state index contributed by atoms with van der Waals surface area (Å²) < 4.78 is 5.38. The van der Waals surface area contributed by atoms with Gasteiger partial charge in [-0.3, -0.25) is 9.69 Å². The zero-order chi connectivity index (χ0) is 18.2. The lowest BCUT2D eigenvalue weighted by atomic mass is 9.97. The van der Waals surface area contributed by atoms with Gasteiger partial charge in [0.1, 0.15) is 0 Å². The van der Waals surface area contributed by atoms with Gasteiger partial charge in [0.15, 0.2) is 0 Å². The number of hydrogen-bond donors (Lipinski definition) is 1. The highest BCUT2D eigenvalue weighted by atomic mass is 16.5. The van der Waals surface area contributed by atoms with Crippen molar-refractivity contribution in [2.75, 3.05) is 26.3 Å². The summed E-state index contributed by atoms with van der Waals surface area (Å²) >= 11 is 0. The van der Waals surface area contributed by atoms with Crippen molar-refractivity contribution >= 4 is 5.91 Å². The van der Waals surface area contributed by atoms with Gasteiger partial charge in [0.25, 0.3) is 0 Å². The molecule has 0 radical (unpaired) electrons. The maximum absolute atomic E-state index is 12.2. The zero-order valence-electron chi connectivity index (χ0n) is 15.5. The summed E-state index contributed by atoms with van der Waals surface area (Å²) in [5.74, 6) is 0.325. The van der Waals surface area contributed by atoms with E-state index in [2.05, 4.69) is 53.5 Å². The van der Waals surface area contributed by atoms with Crippen molar-refractivity contribution in [3.8, 4) is 0 Å². The lowest BCUT2D eigenvalue weighted by Crippen LogP contribution is -2.35. The SMILES string of the molecule is CC(CC(=O)NCc1ccc(CN2CCOCC2)cc1)c1ccccc1. The fourth-order valence-corrected chi connectivity index (χ4v) is 3.23. The van der Waals surface area contributed by atoms with Crippen LogP contribution < -0.4 is 5.32 Å². The molecule has 26 heavy (non-hydrogen) atoms. The van der Waals surface area contributed by atoms with Gasteiger partial charge in [0, 0.05) is 32.6 Å². The first kappa shape index (κ1) is 18.6. The average Bonchev–Trinajstić information content (AvgIpc) is 2.69. The number of nitrogens with zero attached hydrogens (tertiary/aromatic N) is 1. The Morgan fingerprint density at radius 1 is 1.04 bits per heavy atom. The molecular formula is C22H28N2O2. The molecule has 138 valence electrons. The van der Waals surface area contributed by atoms with Crippen molar-refractivity contribution < 1.29 is 9.53 Å². The smallest absolute Gasteiger partial charge is 0.220 e. The molecule has 1 saturated heterocycles. The molecule has 4 nitrogen and oxygen atoms in total. The number of carbonyl (C=O) groups excluding carboxylic acids is 1. The molecule has 0 bridgehead atoms. The van der Waals surface area contributed by atoms with Crippen LogP contribution in [0.1, 0.15) is 36.0 Å². The number of nitrogens with one attached hydrogen (secondary N) is 1. The molecule has 3 rings (SSSR count). The van der Waals surface area contributed by atoms with E-state index in [1.54, 1.807) is 0 Å². The van der Waals surface area contributed by atoms with E-state index in [0.29, 0.717) is 13.0 Å².